The Morgan fingerprint density at radius 3 is 2.15 bits per heavy atom. The molecule has 1 aromatic heterocycles. The second kappa shape index (κ2) is 7.73. The lowest BCUT2D eigenvalue weighted by molar-refractivity contribution is 0.386. The molecule has 1 heterocycles. The minimum absolute atomic E-state index is 0.0341. The van der Waals surface area contributed by atoms with Crippen LogP contribution in [-0.2, 0) is 0 Å². The largest absolute Gasteiger partial charge is 0.494 e. The van der Waals surface area contributed by atoms with Gasteiger partial charge in [-0.3, -0.25) is 4.98 Å². The molecule has 2 N–H and O–H groups in total. The molecule has 138 valence electrons. The molecule has 0 radical (unpaired) electrons. The highest BCUT2D eigenvalue weighted by Crippen LogP contribution is 2.31. The van der Waals surface area contributed by atoms with Gasteiger partial charge in [-0.25, -0.2) is 8.78 Å². The molecule has 3 aromatic rings. The Labute approximate surface area is 155 Å². The maximum atomic E-state index is 14.8. The fourth-order valence-corrected chi connectivity index (χ4v) is 2.82. The molecule has 5 nitrogen and oxygen atoms in total. The summed E-state index contributed by atoms with van der Waals surface area (Å²) in [6.07, 6.45) is 2.88. The first-order valence-electron chi connectivity index (χ1n) is 7.98. The number of aromatic nitrogens is 1. The number of hydrogen-bond donors (Lipinski definition) is 2. The fraction of sp³-hybridized carbons (Fsp3) is 0.105. The molecule has 8 heteroatoms. The van der Waals surface area contributed by atoms with Gasteiger partial charge in [0.25, 0.3) is 0 Å². The third kappa shape index (κ3) is 3.62. The first-order chi connectivity index (χ1) is 13.0. The lowest BCUT2D eigenvalue weighted by Crippen LogP contribution is -2.32. The van der Waals surface area contributed by atoms with Gasteiger partial charge < -0.3 is 19.5 Å². The Morgan fingerprint density at radius 1 is 0.852 bits per heavy atom. The highest BCUT2D eigenvalue weighted by molar-refractivity contribution is 6.60. The Kier molecular flexibility index (Phi) is 5.39. The molecule has 0 fully saturated rings. The zero-order valence-corrected chi connectivity index (χ0v) is 14.6. The van der Waals surface area contributed by atoms with Crippen molar-refractivity contribution in [2.75, 3.05) is 14.2 Å². The van der Waals surface area contributed by atoms with Crippen LogP contribution in [-0.4, -0.2) is 36.4 Å². The maximum absolute atomic E-state index is 14.8. The first kappa shape index (κ1) is 18.8. The van der Waals surface area contributed by atoms with Crippen molar-refractivity contribution in [3.8, 4) is 33.8 Å². The molecule has 0 unspecified atom stereocenters. The quantitative estimate of drug-likeness (QED) is 0.674. The summed E-state index contributed by atoms with van der Waals surface area (Å²) in [4.78, 5) is 4.08. The monoisotopic (exact) mass is 371 g/mol. The van der Waals surface area contributed by atoms with Crippen LogP contribution < -0.4 is 14.9 Å². The zero-order chi connectivity index (χ0) is 19.6. The minimum atomic E-state index is -1.89. The lowest BCUT2D eigenvalue weighted by atomic mass is 9.75. The van der Waals surface area contributed by atoms with E-state index in [1.807, 2.05) is 0 Å². The van der Waals surface area contributed by atoms with Gasteiger partial charge in [0.2, 0.25) is 0 Å². The topological polar surface area (TPSA) is 71.8 Å². The van der Waals surface area contributed by atoms with Crippen molar-refractivity contribution >= 4 is 12.6 Å². The smallest absolute Gasteiger partial charge is 0.489 e. The molecule has 0 aliphatic rings. The van der Waals surface area contributed by atoms with Crippen LogP contribution in [0.2, 0.25) is 0 Å². The number of pyridine rings is 1. The van der Waals surface area contributed by atoms with Crippen LogP contribution in [0.4, 0.5) is 8.78 Å². The third-order valence-corrected chi connectivity index (χ3v) is 4.15. The van der Waals surface area contributed by atoms with Crippen LogP contribution in [0.1, 0.15) is 0 Å². The average Bonchev–Trinajstić information content (AvgIpc) is 2.67. The zero-order valence-electron chi connectivity index (χ0n) is 14.6. The van der Waals surface area contributed by atoms with Gasteiger partial charge >= 0.3 is 7.12 Å². The van der Waals surface area contributed by atoms with E-state index in [9.17, 15) is 18.8 Å². The molecule has 2 aromatic carbocycles. The molecule has 0 saturated heterocycles. The van der Waals surface area contributed by atoms with E-state index in [2.05, 4.69) is 4.98 Å². The van der Waals surface area contributed by atoms with Gasteiger partial charge in [0, 0.05) is 29.1 Å². The number of nitrogens with zero attached hydrogens (tertiary/aromatic N) is 1. The summed E-state index contributed by atoms with van der Waals surface area (Å²) in [6.45, 7) is 0. The van der Waals surface area contributed by atoms with Gasteiger partial charge in [-0.1, -0.05) is 12.1 Å². The van der Waals surface area contributed by atoms with Crippen molar-refractivity contribution < 1.29 is 28.3 Å². The number of halogens is 2. The minimum Gasteiger partial charge on any atom is -0.494 e. The van der Waals surface area contributed by atoms with E-state index in [-0.39, 0.29) is 22.5 Å². The summed E-state index contributed by atoms with van der Waals surface area (Å²) in [5.74, 6) is -1.23. The van der Waals surface area contributed by atoms with Gasteiger partial charge in [0.1, 0.15) is 0 Å². The summed E-state index contributed by atoms with van der Waals surface area (Å²) in [5.41, 5.74) is 1.25. The summed E-state index contributed by atoms with van der Waals surface area (Å²) in [6, 6.07) is 8.66. The molecule has 0 atom stereocenters. The number of benzene rings is 2. The van der Waals surface area contributed by atoms with Crippen LogP contribution in [0.25, 0.3) is 22.3 Å². The van der Waals surface area contributed by atoms with Crippen LogP contribution >= 0.6 is 0 Å². The molecular formula is C19H16BF2NO4. The highest BCUT2D eigenvalue weighted by atomic mass is 19.1. The SMILES string of the molecule is COc1ccc(-c2cncc(-c3c(B(O)O)ccc(OC)c3F)c2)cc1F. The standard InChI is InChI=1S/C19H16BF2NO4/c1-26-16-5-3-11(8-15(16)21)12-7-13(10-23-9-12)18-14(20(24)25)4-6-17(27-2)19(18)22/h3-10,24-25H,1-2H3. The van der Waals surface area contributed by atoms with Gasteiger partial charge in [-0.05, 0) is 35.3 Å². The van der Waals surface area contributed by atoms with E-state index in [0.717, 1.165) is 0 Å². The van der Waals surface area contributed by atoms with E-state index in [1.165, 1.54) is 50.9 Å². The Balaban J connectivity index is 2.15. The van der Waals surface area contributed by atoms with Crippen LogP contribution in [0.15, 0.2) is 48.8 Å². The van der Waals surface area contributed by atoms with Gasteiger partial charge in [-0.15, -0.1) is 0 Å². The number of rotatable bonds is 5. The molecule has 3 rings (SSSR count). The summed E-state index contributed by atoms with van der Waals surface area (Å²) in [5, 5.41) is 19.2. The Hall–Kier alpha value is -2.97. The summed E-state index contributed by atoms with van der Waals surface area (Å²) >= 11 is 0. The summed E-state index contributed by atoms with van der Waals surface area (Å²) in [7, 11) is 0.794. The average molecular weight is 371 g/mol. The van der Waals surface area contributed by atoms with Gasteiger partial charge in [-0.2, -0.15) is 0 Å². The van der Waals surface area contributed by atoms with E-state index in [4.69, 9.17) is 9.47 Å². The predicted octanol–water partition coefficient (Wildman–Crippen LogP) is 2.39. The van der Waals surface area contributed by atoms with Gasteiger partial charge in [0.05, 0.1) is 14.2 Å². The van der Waals surface area contributed by atoms with Crippen molar-refractivity contribution in [3.05, 3.63) is 60.4 Å². The second-order valence-electron chi connectivity index (χ2n) is 5.73. The molecule has 0 amide bonds. The first-order valence-corrected chi connectivity index (χ1v) is 7.98. The molecule has 0 saturated carbocycles. The molecular weight excluding hydrogens is 355 g/mol. The predicted molar refractivity (Wildman–Crippen MR) is 98.0 cm³/mol. The second-order valence-corrected chi connectivity index (χ2v) is 5.73. The lowest BCUT2D eigenvalue weighted by Gasteiger charge is -2.14. The van der Waals surface area contributed by atoms with Crippen LogP contribution in [0.3, 0.4) is 0 Å². The van der Waals surface area contributed by atoms with Crippen molar-refractivity contribution in [1.82, 2.24) is 4.98 Å². The normalized spacial score (nSPS) is 10.6. The summed E-state index contributed by atoms with van der Waals surface area (Å²) < 4.78 is 38.7. The van der Waals surface area contributed by atoms with Crippen molar-refractivity contribution in [2.45, 2.75) is 0 Å². The van der Waals surface area contributed by atoms with Crippen molar-refractivity contribution in [2.24, 2.45) is 0 Å². The number of hydrogen-bond acceptors (Lipinski definition) is 5. The van der Waals surface area contributed by atoms with E-state index >= 15 is 0 Å². The maximum Gasteiger partial charge on any atom is 0.489 e. The van der Waals surface area contributed by atoms with Crippen LogP contribution in [0, 0.1) is 11.6 Å². The number of ether oxygens (including phenoxy) is 2. The van der Waals surface area contributed by atoms with Crippen molar-refractivity contribution in [1.29, 1.82) is 0 Å². The third-order valence-electron chi connectivity index (χ3n) is 4.15. The fourth-order valence-electron chi connectivity index (χ4n) is 2.82. The van der Waals surface area contributed by atoms with Crippen LogP contribution in [0.5, 0.6) is 11.5 Å². The molecule has 0 aliphatic carbocycles. The number of methoxy groups -OCH3 is 2. The van der Waals surface area contributed by atoms with E-state index < -0.39 is 18.8 Å². The molecule has 0 bridgehead atoms. The van der Waals surface area contributed by atoms with E-state index in [0.29, 0.717) is 16.7 Å². The highest BCUT2D eigenvalue weighted by Gasteiger charge is 2.23. The molecule has 0 aliphatic heterocycles. The Morgan fingerprint density at radius 2 is 1.52 bits per heavy atom. The molecule has 27 heavy (non-hydrogen) atoms. The van der Waals surface area contributed by atoms with Crippen molar-refractivity contribution in [3.63, 3.8) is 0 Å². The Bertz CT molecular complexity index is 982. The molecule has 0 spiro atoms. The van der Waals surface area contributed by atoms with E-state index in [1.54, 1.807) is 12.1 Å². The van der Waals surface area contributed by atoms with Gasteiger partial charge in [0.15, 0.2) is 23.1 Å².